The van der Waals surface area contributed by atoms with Crippen molar-refractivity contribution in [3.05, 3.63) is 47.6 Å². The van der Waals surface area contributed by atoms with E-state index in [1.165, 1.54) is 43.5 Å². The quantitative estimate of drug-likeness (QED) is 0.627. The fourth-order valence-electron chi connectivity index (χ4n) is 1.76. The van der Waals surface area contributed by atoms with Crippen LogP contribution in [0.15, 0.2) is 57.6 Å². The van der Waals surface area contributed by atoms with Gasteiger partial charge in [-0.1, -0.05) is 5.16 Å². The summed E-state index contributed by atoms with van der Waals surface area (Å²) in [5.41, 5.74) is 1.39. The minimum Gasteiger partial charge on any atom is -0.497 e. The lowest BCUT2D eigenvalue weighted by Gasteiger charge is -2.10. The summed E-state index contributed by atoms with van der Waals surface area (Å²) >= 11 is 0. The predicted octanol–water partition coefficient (Wildman–Crippen LogP) is 2.23. The van der Waals surface area contributed by atoms with E-state index in [4.69, 9.17) is 9.02 Å². The summed E-state index contributed by atoms with van der Waals surface area (Å²) in [4.78, 5) is 11.4. The Morgan fingerprint density at radius 1 is 1.00 bits per heavy atom. The third kappa shape index (κ3) is 3.25. The number of nitrogens with zero attached hydrogens (tertiary/aromatic N) is 1. The maximum atomic E-state index is 12.0. The Morgan fingerprint density at radius 2 is 1.64 bits per heavy atom. The van der Waals surface area contributed by atoms with E-state index >= 15 is 0 Å². The molecule has 0 atom stereocenters. The Morgan fingerprint density at radius 3 is 2.23 bits per heavy atom. The van der Waals surface area contributed by atoms with Crippen LogP contribution in [0.2, 0.25) is 0 Å². The van der Waals surface area contributed by atoms with Crippen molar-refractivity contribution in [1.29, 1.82) is 0 Å². The predicted molar refractivity (Wildman–Crippen MR) is 81.2 cm³/mol. The number of ketones is 1. The smallest absolute Gasteiger partial charge is 0.358 e. The van der Waals surface area contributed by atoms with Crippen LogP contribution in [0, 0.1) is 0 Å². The number of carbonyl (C=O) groups is 1. The number of ether oxygens (including phenoxy) is 1. The molecule has 0 aromatic heterocycles. The minimum absolute atomic E-state index is 0.0353. The molecule has 0 saturated carbocycles. The van der Waals surface area contributed by atoms with E-state index in [-0.39, 0.29) is 10.7 Å². The molecular formula is C15H15NO5S. The van der Waals surface area contributed by atoms with Gasteiger partial charge < -0.3 is 4.74 Å². The second-order valence-electron chi connectivity index (χ2n) is 4.63. The minimum atomic E-state index is -4.02. The molecule has 116 valence electrons. The summed E-state index contributed by atoms with van der Waals surface area (Å²) in [5, 5.41) is 3.64. The summed E-state index contributed by atoms with van der Waals surface area (Å²) in [6.07, 6.45) is 2.75. The summed E-state index contributed by atoms with van der Waals surface area (Å²) in [6.45, 7) is 3.33. The standard InChI is InChI=1S/C15H15NO5S/c1-10-11(2)15(17)9-8-14(10)16-21-22(18,19)13-6-4-12(20-3)5-7-13/h4-9H,1-3H3/b16-14+. The highest BCUT2D eigenvalue weighted by molar-refractivity contribution is 7.86. The second-order valence-corrected chi connectivity index (χ2v) is 6.16. The zero-order valence-corrected chi connectivity index (χ0v) is 13.2. The van der Waals surface area contributed by atoms with Crippen LogP contribution in [0.3, 0.4) is 0 Å². The van der Waals surface area contributed by atoms with Crippen molar-refractivity contribution < 1.29 is 22.2 Å². The summed E-state index contributed by atoms with van der Waals surface area (Å²) in [5.74, 6) is 0.405. The fraction of sp³-hybridized carbons (Fsp3) is 0.200. The van der Waals surface area contributed by atoms with Gasteiger partial charge in [0.1, 0.15) is 16.4 Å². The summed E-state index contributed by atoms with van der Waals surface area (Å²) in [7, 11) is -2.54. The molecule has 2 rings (SSSR count). The Bertz CT molecular complexity index is 786. The number of benzene rings is 1. The van der Waals surface area contributed by atoms with E-state index in [0.717, 1.165) is 0 Å². The number of rotatable bonds is 4. The zero-order valence-electron chi connectivity index (χ0n) is 12.4. The van der Waals surface area contributed by atoms with E-state index < -0.39 is 10.1 Å². The van der Waals surface area contributed by atoms with Crippen LogP contribution in [-0.4, -0.2) is 27.0 Å². The topological polar surface area (TPSA) is 82.0 Å². The molecule has 22 heavy (non-hydrogen) atoms. The van der Waals surface area contributed by atoms with E-state index in [0.29, 0.717) is 22.6 Å². The van der Waals surface area contributed by atoms with Crippen molar-refractivity contribution in [3.8, 4) is 5.75 Å². The number of hydrogen-bond donors (Lipinski definition) is 0. The van der Waals surface area contributed by atoms with Gasteiger partial charge in [0, 0.05) is 5.57 Å². The lowest BCUT2D eigenvalue weighted by molar-refractivity contribution is -0.111. The highest BCUT2D eigenvalue weighted by Gasteiger charge is 2.18. The third-order valence-corrected chi connectivity index (χ3v) is 4.41. The van der Waals surface area contributed by atoms with E-state index in [2.05, 4.69) is 5.16 Å². The van der Waals surface area contributed by atoms with Gasteiger partial charge in [0.05, 0.1) is 7.11 Å². The SMILES string of the molecule is COc1ccc(S(=O)(=O)O/N=C2\C=CC(=O)C(C)=C2C)cc1. The summed E-state index contributed by atoms with van der Waals surface area (Å²) < 4.78 is 33.8. The van der Waals surface area contributed by atoms with Crippen LogP contribution in [0.5, 0.6) is 5.75 Å². The van der Waals surface area contributed by atoms with Gasteiger partial charge in [-0.25, -0.2) is 0 Å². The van der Waals surface area contributed by atoms with Gasteiger partial charge >= 0.3 is 10.1 Å². The summed E-state index contributed by atoms with van der Waals surface area (Å²) in [6, 6.07) is 5.75. The molecule has 0 radical (unpaired) electrons. The molecule has 0 amide bonds. The number of oxime groups is 1. The monoisotopic (exact) mass is 321 g/mol. The molecule has 0 heterocycles. The molecule has 6 nitrogen and oxygen atoms in total. The lowest BCUT2D eigenvalue weighted by atomic mass is 9.97. The van der Waals surface area contributed by atoms with Crippen LogP contribution >= 0.6 is 0 Å². The van der Waals surface area contributed by atoms with Gasteiger partial charge in [0.2, 0.25) is 0 Å². The van der Waals surface area contributed by atoms with E-state index in [9.17, 15) is 13.2 Å². The molecule has 1 aliphatic rings. The largest absolute Gasteiger partial charge is 0.497 e. The number of carbonyl (C=O) groups excluding carboxylic acids is 1. The molecule has 7 heteroatoms. The van der Waals surface area contributed by atoms with Crippen LogP contribution < -0.4 is 4.74 Å². The first-order valence-electron chi connectivity index (χ1n) is 6.41. The third-order valence-electron chi connectivity index (χ3n) is 3.29. The molecule has 0 bridgehead atoms. The molecule has 0 unspecified atom stereocenters. The molecule has 1 aliphatic carbocycles. The Labute approximate surface area is 128 Å². The van der Waals surface area contributed by atoms with Crippen molar-refractivity contribution in [2.75, 3.05) is 7.11 Å². The second kappa shape index (κ2) is 6.15. The fourth-order valence-corrected chi connectivity index (χ4v) is 2.49. The molecule has 0 fully saturated rings. The molecule has 0 aliphatic heterocycles. The molecule has 1 aromatic rings. The average Bonchev–Trinajstić information content (AvgIpc) is 2.52. The van der Waals surface area contributed by atoms with Crippen molar-refractivity contribution >= 4 is 21.6 Å². The van der Waals surface area contributed by atoms with Crippen molar-refractivity contribution in [2.45, 2.75) is 18.7 Å². The normalized spacial score (nSPS) is 17.0. The number of hydrogen-bond acceptors (Lipinski definition) is 6. The highest BCUT2D eigenvalue weighted by Crippen LogP contribution is 2.19. The number of methoxy groups -OCH3 is 1. The lowest BCUT2D eigenvalue weighted by Crippen LogP contribution is -2.12. The van der Waals surface area contributed by atoms with Gasteiger partial charge in [-0.15, -0.1) is 0 Å². The highest BCUT2D eigenvalue weighted by atomic mass is 32.2. The van der Waals surface area contributed by atoms with E-state index in [1.54, 1.807) is 13.8 Å². The van der Waals surface area contributed by atoms with E-state index in [1.807, 2.05) is 0 Å². The average molecular weight is 321 g/mol. The van der Waals surface area contributed by atoms with Crippen LogP contribution in [0.1, 0.15) is 13.8 Å². The van der Waals surface area contributed by atoms with Crippen molar-refractivity contribution in [3.63, 3.8) is 0 Å². The molecule has 0 spiro atoms. The van der Waals surface area contributed by atoms with Crippen molar-refractivity contribution in [1.82, 2.24) is 0 Å². The first-order chi connectivity index (χ1) is 10.3. The van der Waals surface area contributed by atoms with Gasteiger partial charge in [-0.05, 0) is 55.8 Å². The maximum absolute atomic E-state index is 12.0. The number of allylic oxidation sites excluding steroid dienone is 4. The zero-order chi connectivity index (χ0) is 16.3. The van der Waals surface area contributed by atoms with Crippen molar-refractivity contribution in [2.24, 2.45) is 5.16 Å². The maximum Gasteiger partial charge on any atom is 0.358 e. The molecule has 0 saturated heterocycles. The van der Waals surface area contributed by atoms with Crippen LogP contribution in [-0.2, 0) is 19.2 Å². The molecular weight excluding hydrogens is 306 g/mol. The van der Waals surface area contributed by atoms with Gasteiger partial charge in [0.25, 0.3) is 0 Å². The van der Waals surface area contributed by atoms with Gasteiger partial charge in [-0.2, -0.15) is 8.42 Å². The van der Waals surface area contributed by atoms with Gasteiger partial charge in [0.15, 0.2) is 5.78 Å². The Kier molecular flexibility index (Phi) is 4.46. The first kappa shape index (κ1) is 16.0. The van der Waals surface area contributed by atoms with Crippen LogP contribution in [0.4, 0.5) is 0 Å². The van der Waals surface area contributed by atoms with Crippen LogP contribution in [0.25, 0.3) is 0 Å². The van der Waals surface area contributed by atoms with Gasteiger partial charge in [-0.3, -0.25) is 9.08 Å². The first-order valence-corrected chi connectivity index (χ1v) is 7.82. The Balaban J connectivity index is 2.24. The molecule has 1 aromatic carbocycles. The molecule has 0 N–H and O–H groups in total. The Hall–Kier alpha value is -2.41.